The lowest BCUT2D eigenvalue weighted by molar-refractivity contribution is 0.130. The van der Waals surface area contributed by atoms with E-state index >= 15 is 0 Å². The van der Waals surface area contributed by atoms with E-state index in [4.69, 9.17) is 18.9 Å². The van der Waals surface area contributed by atoms with Gasteiger partial charge in [-0.15, -0.1) is 0 Å². The standard InChI is InChI=1S/C6H9O4P/c1-5(7)2-8-3-6-4-9-11-10-6/h4,7,11H,1-3H2. The summed E-state index contributed by atoms with van der Waals surface area (Å²) in [5.41, 5.74) is 0. The van der Waals surface area contributed by atoms with Crippen molar-refractivity contribution in [2.45, 2.75) is 0 Å². The van der Waals surface area contributed by atoms with Gasteiger partial charge in [-0.25, -0.2) is 0 Å². The van der Waals surface area contributed by atoms with Crippen LogP contribution in [0.5, 0.6) is 0 Å². The smallest absolute Gasteiger partial charge is 0.274 e. The second-order valence-electron chi connectivity index (χ2n) is 1.95. The predicted molar refractivity (Wildman–Crippen MR) is 41.2 cm³/mol. The Morgan fingerprint density at radius 1 is 1.82 bits per heavy atom. The highest BCUT2D eigenvalue weighted by Crippen LogP contribution is 2.27. The Morgan fingerprint density at radius 3 is 3.18 bits per heavy atom. The van der Waals surface area contributed by atoms with E-state index < -0.39 is 0 Å². The largest absolute Gasteiger partial charge is 0.510 e. The zero-order chi connectivity index (χ0) is 8.10. The van der Waals surface area contributed by atoms with Crippen molar-refractivity contribution in [1.29, 1.82) is 0 Å². The summed E-state index contributed by atoms with van der Waals surface area (Å²) in [5, 5.41) is 8.62. The summed E-state index contributed by atoms with van der Waals surface area (Å²) in [7, 11) is 0.0372. The Morgan fingerprint density at radius 2 is 2.64 bits per heavy atom. The van der Waals surface area contributed by atoms with Crippen molar-refractivity contribution < 1.29 is 18.9 Å². The van der Waals surface area contributed by atoms with Gasteiger partial charge >= 0.3 is 0 Å². The van der Waals surface area contributed by atoms with Crippen molar-refractivity contribution in [3.63, 3.8) is 0 Å². The van der Waals surface area contributed by atoms with Crippen LogP contribution in [0.15, 0.2) is 24.4 Å². The van der Waals surface area contributed by atoms with Crippen LogP contribution < -0.4 is 0 Å². The summed E-state index contributed by atoms with van der Waals surface area (Å²) in [6.07, 6.45) is 1.50. The van der Waals surface area contributed by atoms with Gasteiger partial charge < -0.3 is 18.9 Å². The van der Waals surface area contributed by atoms with Gasteiger partial charge in [-0.1, -0.05) is 6.58 Å². The number of ether oxygens (including phenoxy) is 1. The molecule has 4 nitrogen and oxygen atoms in total. The van der Waals surface area contributed by atoms with Crippen LogP contribution in [-0.2, 0) is 13.8 Å². The third-order valence-corrected chi connectivity index (χ3v) is 1.48. The summed E-state index contributed by atoms with van der Waals surface area (Å²) >= 11 is 0. The Hall–Kier alpha value is -0.730. The first-order valence-corrected chi connectivity index (χ1v) is 3.81. The van der Waals surface area contributed by atoms with Crippen LogP contribution in [-0.4, -0.2) is 18.3 Å². The van der Waals surface area contributed by atoms with Gasteiger partial charge in [-0.05, 0) is 0 Å². The normalized spacial score (nSPS) is 17.3. The van der Waals surface area contributed by atoms with Crippen LogP contribution in [0.3, 0.4) is 0 Å². The van der Waals surface area contributed by atoms with Crippen LogP contribution in [0.25, 0.3) is 0 Å². The highest BCUT2D eigenvalue weighted by molar-refractivity contribution is 7.26. The Labute approximate surface area is 66.4 Å². The third kappa shape index (κ3) is 3.25. The van der Waals surface area contributed by atoms with Gasteiger partial charge in [0, 0.05) is 0 Å². The lowest BCUT2D eigenvalue weighted by Gasteiger charge is -2.01. The fourth-order valence-corrected chi connectivity index (χ4v) is 0.966. The second-order valence-corrected chi connectivity index (χ2v) is 2.55. The maximum atomic E-state index is 8.62. The summed E-state index contributed by atoms with van der Waals surface area (Å²) in [6, 6.07) is 0. The van der Waals surface area contributed by atoms with Gasteiger partial charge in [0.1, 0.15) is 25.2 Å². The third-order valence-electron chi connectivity index (χ3n) is 0.924. The molecule has 0 saturated carbocycles. The first kappa shape index (κ1) is 8.37. The summed E-state index contributed by atoms with van der Waals surface area (Å²) in [6.45, 7) is 3.70. The molecule has 1 heterocycles. The van der Waals surface area contributed by atoms with Crippen molar-refractivity contribution >= 4 is 9.03 Å². The SMILES string of the molecule is C=C(O)COCC1=COPO1. The first-order chi connectivity index (χ1) is 5.29. The molecule has 0 spiro atoms. The van der Waals surface area contributed by atoms with Gasteiger partial charge in [0.05, 0.1) is 0 Å². The van der Waals surface area contributed by atoms with Crippen molar-refractivity contribution in [1.82, 2.24) is 0 Å². The zero-order valence-corrected chi connectivity index (χ0v) is 6.87. The minimum atomic E-state index is 0.00645. The molecule has 11 heavy (non-hydrogen) atoms. The van der Waals surface area contributed by atoms with Crippen molar-refractivity contribution in [3.8, 4) is 0 Å². The minimum Gasteiger partial charge on any atom is -0.510 e. The Bertz CT molecular complexity index is 177. The highest BCUT2D eigenvalue weighted by Gasteiger charge is 2.06. The lowest BCUT2D eigenvalue weighted by Crippen LogP contribution is -2.00. The number of rotatable bonds is 4. The van der Waals surface area contributed by atoms with E-state index in [0.717, 1.165) is 0 Å². The average molecular weight is 176 g/mol. The van der Waals surface area contributed by atoms with Crippen LogP contribution in [0.2, 0.25) is 0 Å². The molecule has 0 fully saturated rings. The molecule has 0 aromatic rings. The zero-order valence-electron chi connectivity index (χ0n) is 5.87. The molecular formula is C6H9O4P. The summed E-state index contributed by atoms with van der Waals surface area (Å²) in [5.74, 6) is 0.650. The maximum absolute atomic E-state index is 8.62. The topological polar surface area (TPSA) is 47.9 Å². The van der Waals surface area contributed by atoms with E-state index in [9.17, 15) is 0 Å². The predicted octanol–water partition coefficient (Wildman–Crippen LogP) is 1.47. The number of hydrogen-bond acceptors (Lipinski definition) is 4. The molecule has 0 aliphatic carbocycles. The van der Waals surface area contributed by atoms with Crippen LogP contribution in [0.1, 0.15) is 0 Å². The van der Waals surface area contributed by atoms with Crippen molar-refractivity contribution in [2.24, 2.45) is 0 Å². The monoisotopic (exact) mass is 176 g/mol. The molecule has 0 aromatic carbocycles. The molecule has 0 radical (unpaired) electrons. The summed E-state index contributed by atoms with van der Waals surface area (Å²) in [4.78, 5) is 0. The Balaban J connectivity index is 2.07. The highest BCUT2D eigenvalue weighted by atomic mass is 31.1. The molecule has 1 aliphatic rings. The molecule has 1 atom stereocenters. The molecule has 62 valence electrons. The molecule has 1 aliphatic heterocycles. The van der Waals surface area contributed by atoms with Crippen LogP contribution >= 0.6 is 9.03 Å². The van der Waals surface area contributed by atoms with Crippen LogP contribution in [0, 0.1) is 0 Å². The molecule has 0 aromatic heterocycles. The first-order valence-electron chi connectivity index (χ1n) is 3.00. The quantitative estimate of drug-likeness (QED) is 0.520. The fourth-order valence-electron chi connectivity index (χ4n) is 0.524. The van der Waals surface area contributed by atoms with Gasteiger partial charge in [-0.2, -0.15) is 0 Å². The molecular weight excluding hydrogens is 167 g/mol. The minimum absolute atomic E-state index is 0.00645. The van der Waals surface area contributed by atoms with E-state index in [1.807, 2.05) is 0 Å². The van der Waals surface area contributed by atoms with E-state index in [2.05, 4.69) is 6.58 Å². The van der Waals surface area contributed by atoms with Gasteiger partial charge in [0.2, 0.25) is 0 Å². The number of aliphatic hydroxyl groups excluding tert-OH is 1. The lowest BCUT2D eigenvalue weighted by atomic mass is 10.5. The molecule has 0 saturated heterocycles. The van der Waals surface area contributed by atoms with Gasteiger partial charge in [0.25, 0.3) is 9.03 Å². The molecule has 0 bridgehead atoms. The molecule has 5 heteroatoms. The van der Waals surface area contributed by atoms with Crippen molar-refractivity contribution in [2.75, 3.05) is 13.2 Å². The van der Waals surface area contributed by atoms with E-state index in [-0.39, 0.29) is 21.4 Å². The Kier molecular flexibility index (Phi) is 3.20. The van der Waals surface area contributed by atoms with E-state index in [1.165, 1.54) is 6.26 Å². The van der Waals surface area contributed by atoms with E-state index in [1.54, 1.807) is 0 Å². The molecule has 0 amide bonds. The maximum Gasteiger partial charge on any atom is 0.274 e. The molecule has 1 N–H and O–H groups in total. The second kappa shape index (κ2) is 4.21. The summed E-state index contributed by atoms with van der Waals surface area (Å²) < 4.78 is 14.7. The number of hydrogen-bond donors (Lipinski definition) is 1. The fraction of sp³-hybridized carbons (Fsp3) is 0.333. The van der Waals surface area contributed by atoms with Crippen LogP contribution in [0.4, 0.5) is 0 Å². The average Bonchev–Trinajstić information content (AvgIpc) is 2.39. The molecule has 1 rings (SSSR count). The number of aliphatic hydroxyl groups is 1. The van der Waals surface area contributed by atoms with Gasteiger partial charge in [-0.3, -0.25) is 0 Å². The molecule has 1 unspecified atom stereocenters. The van der Waals surface area contributed by atoms with Crippen molar-refractivity contribution in [3.05, 3.63) is 24.4 Å². The van der Waals surface area contributed by atoms with Gasteiger partial charge in [0.15, 0.2) is 5.76 Å². The van der Waals surface area contributed by atoms with E-state index in [0.29, 0.717) is 12.4 Å².